The van der Waals surface area contributed by atoms with Crippen LogP contribution in [0.5, 0.6) is 0 Å². The highest BCUT2D eigenvalue weighted by Crippen LogP contribution is 2.24. The Hall–Kier alpha value is -0.540. The number of amides is 1. The number of benzene rings is 1. The van der Waals surface area contributed by atoms with Crippen LogP contribution in [0, 0.1) is 0 Å². The highest BCUT2D eigenvalue weighted by molar-refractivity contribution is 9.10. The molecule has 0 saturated heterocycles. The van der Waals surface area contributed by atoms with Crippen LogP contribution in [-0.4, -0.2) is 6.41 Å². The maximum absolute atomic E-state index is 10.1. The third-order valence-electron chi connectivity index (χ3n) is 1.14. The van der Waals surface area contributed by atoms with Crippen molar-refractivity contribution in [1.29, 1.82) is 0 Å². The summed E-state index contributed by atoms with van der Waals surface area (Å²) >= 11 is 8.98. The van der Waals surface area contributed by atoms with Gasteiger partial charge in [0.15, 0.2) is 0 Å². The van der Waals surface area contributed by atoms with Gasteiger partial charge in [0.25, 0.3) is 0 Å². The van der Waals surface area contributed by atoms with Gasteiger partial charge in [-0.3, -0.25) is 4.79 Å². The van der Waals surface area contributed by atoms with E-state index in [1.807, 2.05) is 0 Å². The van der Waals surface area contributed by atoms with Crippen LogP contribution in [0.1, 0.15) is 0 Å². The molecular formula is C7H5BrClNO. The molecule has 0 spiro atoms. The molecule has 1 aromatic rings. The van der Waals surface area contributed by atoms with Crippen LogP contribution in [-0.2, 0) is 4.79 Å². The van der Waals surface area contributed by atoms with Crippen LogP contribution in [0.15, 0.2) is 22.7 Å². The van der Waals surface area contributed by atoms with E-state index in [0.717, 1.165) is 4.47 Å². The lowest BCUT2D eigenvalue weighted by Gasteiger charge is -2.00. The first kappa shape index (κ1) is 8.56. The standard InChI is InChI=1S/C7H5BrClNO/c8-5-1-2-6(9)7(3-5)10-4-11/h1-4H,(H,10,11). The average molecular weight is 234 g/mol. The third kappa shape index (κ3) is 2.20. The fourth-order valence-electron chi connectivity index (χ4n) is 0.672. The zero-order valence-corrected chi connectivity index (χ0v) is 7.82. The monoisotopic (exact) mass is 233 g/mol. The minimum absolute atomic E-state index is 0.528. The minimum atomic E-state index is 0.528. The van der Waals surface area contributed by atoms with Gasteiger partial charge in [-0.15, -0.1) is 0 Å². The van der Waals surface area contributed by atoms with Gasteiger partial charge in [-0.2, -0.15) is 0 Å². The molecule has 1 amide bonds. The third-order valence-corrected chi connectivity index (χ3v) is 1.97. The molecular weight excluding hydrogens is 229 g/mol. The van der Waals surface area contributed by atoms with Crippen molar-refractivity contribution in [2.75, 3.05) is 5.32 Å². The Labute approximate surface area is 77.7 Å². The van der Waals surface area contributed by atoms with Gasteiger partial charge in [0.05, 0.1) is 10.7 Å². The Morgan fingerprint density at radius 2 is 2.27 bits per heavy atom. The number of rotatable bonds is 2. The number of hydrogen-bond donors (Lipinski definition) is 1. The van der Waals surface area contributed by atoms with Gasteiger partial charge in [0.2, 0.25) is 6.41 Å². The molecule has 0 aromatic heterocycles. The number of anilines is 1. The van der Waals surface area contributed by atoms with Crippen molar-refractivity contribution in [3.05, 3.63) is 27.7 Å². The topological polar surface area (TPSA) is 29.1 Å². The molecule has 1 rings (SSSR count). The molecule has 0 bridgehead atoms. The molecule has 0 heterocycles. The number of carbonyl (C=O) groups is 1. The second kappa shape index (κ2) is 3.74. The second-order valence-electron chi connectivity index (χ2n) is 1.89. The second-order valence-corrected chi connectivity index (χ2v) is 3.21. The molecule has 0 atom stereocenters. The van der Waals surface area contributed by atoms with E-state index in [1.165, 1.54) is 0 Å². The molecule has 1 aromatic carbocycles. The van der Waals surface area contributed by atoms with E-state index in [0.29, 0.717) is 17.1 Å². The van der Waals surface area contributed by atoms with E-state index in [9.17, 15) is 4.79 Å². The highest BCUT2D eigenvalue weighted by atomic mass is 79.9. The summed E-state index contributed by atoms with van der Waals surface area (Å²) in [7, 11) is 0. The molecule has 0 fully saturated rings. The van der Waals surface area contributed by atoms with Crippen LogP contribution in [0.2, 0.25) is 5.02 Å². The van der Waals surface area contributed by atoms with Gasteiger partial charge in [0.1, 0.15) is 0 Å². The summed E-state index contributed by atoms with van der Waals surface area (Å²) in [6.07, 6.45) is 0.591. The molecule has 1 N–H and O–H groups in total. The van der Waals surface area contributed by atoms with E-state index in [-0.39, 0.29) is 0 Å². The van der Waals surface area contributed by atoms with Gasteiger partial charge in [-0.1, -0.05) is 27.5 Å². The lowest BCUT2D eigenvalue weighted by Crippen LogP contribution is -1.93. The molecule has 11 heavy (non-hydrogen) atoms. The summed E-state index contributed by atoms with van der Waals surface area (Å²) in [5.74, 6) is 0. The van der Waals surface area contributed by atoms with Crippen molar-refractivity contribution < 1.29 is 4.79 Å². The van der Waals surface area contributed by atoms with E-state index < -0.39 is 0 Å². The smallest absolute Gasteiger partial charge is 0.211 e. The predicted octanol–water partition coefficient (Wildman–Crippen LogP) is 2.67. The summed E-state index contributed by atoms with van der Waals surface area (Å²) in [6, 6.07) is 5.24. The maximum Gasteiger partial charge on any atom is 0.211 e. The Kier molecular flexibility index (Phi) is 2.91. The molecule has 4 heteroatoms. The molecule has 0 aliphatic carbocycles. The number of hydrogen-bond acceptors (Lipinski definition) is 1. The normalized spacial score (nSPS) is 9.27. The first-order valence-electron chi connectivity index (χ1n) is 2.89. The van der Waals surface area contributed by atoms with Gasteiger partial charge in [-0.05, 0) is 18.2 Å². The molecule has 2 nitrogen and oxygen atoms in total. The molecule has 0 aliphatic heterocycles. The average Bonchev–Trinajstić information content (AvgIpc) is 1.98. The first-order chi connectivity index (χ1) is 5.24. The summed E-state index contributed by atoms with van der Waals surface area (Å²) in [6.45, 7) is 0. The Balaban J connectivity index is 3.01. The molecule has 0 radical (unpaired) electrons. The van der Waals surface area contributed by atoms with E-state index in [4.69, 9.17) is 11.6 Å². The van der Waals surface area contributed by atoms with Gasteiger partial charge in [0, 0.05) is 4.47 Å². The summed E-state index contributed by atoms with van der Waals surface area (Å²) in [5.41, 5.74) is 0.607. The quantitative estimate of drug-likeness (QED) is 0.783. The number of nitrogens with one attached hydrogen (secondary N) is 1. The zero-order chi connectivity index (χ0) is 8.27. The Bertz CT molecular complexity index is 277. The van der Waals surface area contributed by atoms with Crippen molar-refractivity contribution in [2.45, 2.75) is 0 Å². The SMILES string of the molecule is O=CNc1cc(Br)ccc1Cl. The fraction of sp³-hybridized carbons (Fsp3) is 0. The Morgan fingerprint density at radius 1 is 1.55 bits per heavy atom. The number of halogens is 2. The van der Waals surface area contributed by atoms with Crippen molar-refractivity contribution in [3.8, 4) is 0 Å². The highest BCUT2D eigenvalue weighted by Gasteiger charge is 1.97. The van der Waals surface area contributed by atoms with Crippen molar-refractivity contribution in [1.82, 2.24) is 0 Å². The van der Waals surface area contributed by atoms with Crippen LogP contribution < -0.4 is 5.32 Å². The molecule has 0 saturated carbocycles. The van der Waals surface area contributed by atoms with Gasteiger partial charge < -0.3 is 5.32 Å². The Morgan fingerprint density at radius 3 is 2.91 bits per heavy atom. The fourth-order valence-corrected chi connectivity index (χ4v) is 1.20. The van der Waals surface area contributed by atoms with E-state index in [1.54, 1.807) is 18.2 Å². The first-order valence-corrected chi connectivity index (χ1v) is 4.06. The minimum Gasteiger partial charge on any atom is -0.327 e. The molecule has 0 aliphatic rings. The summed E-state index contributed by atoms with van der Waals surface area (Å²) < 4.78 is 0.881. The van der Waals surface area contributed by atoms with Crippen LogP contribution >= 0.6 is 27.5 Å². The van der Waals surface area contributed by atoms with Crippen molar-refractivity contribution >= 4 is 39.6 Å². The van der Waals surface area contributed by atoms with Crippen LogP contribution in [0.4, 0.5) is 5.69 Å². The molecule has 0 unspecified atom stereocenters. The zero-order valence-electron chi connectivity index (χ0n) is 5.47. The molecule has 58 valence electrons. The lowest BCUT2D eigenvalue weighted by atomic mass is 10.3. The van der Waals surface area contributed by atoms with E-state index >= 15 is 0 Å². The van der Waals surface area contributed by atoms with Crippen molar-refractivity contribution in [2.24, 2.45) is 0 Å². The van der Waals surface area contributed by atoms with Crippen molar-refractivity contribution in [3.63, 3.8) is 0 Å². The lowest BCUT2D eigenvalue weighted by molar-refractivity contribution is -0.105. The summed E-state index contributed by atoms with van der Waals surface area (Å²) in [4.78, 5) is 10.1. The number of carbonyl (C=O) groups excluding carboxylic acids is 1. The van der Waals surface area contributed by atoms with Gasteiger partial charge in [-0.25, -0.2) is 0 Å². The van der Waals surface area contributed by atoms with Crippen LogP contribution in [0.25, 0.3) is 0 Å². The summed E-state index contributed by atoms with van der Waals surface area (Å²) in [5, 5.41) is 3.00. The van der Waals surface area contributed by atoms with Gasteiger partial charge >= 0.3 is 0 Å². The largest absolute Gasteiger partial charge is 0.327 e. The predicted molar refractivity (Wildman–Crippen MR) is 48.8 cm³/mol. The maximum atomic E-state index is 10.1. The van der Waals surface area contributed by atoms with Crippen LogP contribution in [0.3, 0.4) is 0 Å². The van der Waals surface area contributed by atoms with E-state index in [2.05, 4.69) is 21.2 Å².